The standard InChI is InChI=1S/C15H13N3O4S/c1-23(21,22)13-5-3-2-4-10(13)14(19)16-9-6-7-11-12(8-9)18-15(20)17-11/h2-8H,1H3,(H,16,19)(H2,17,18,20). The van der Waals surface area contributed by atoms with Crippen LogP contribution in [0.1, 0.15) is 10.4 Å². The van der Waals surface area contributed by atoms with Gasteiger partial charge >= 0.3 is 5.69 Å². The zero-order valence-corrected chi connectivity index (χ0v) is 12.9. The van der Waals surface area contributed by atoms with E-state index < -0.39 is 15.7 Å². The second-order valence-electron chi connectivity index (χ2n) is 5.06. The molecule has 7 nitrogen and oxygen atoms in total. The fourth-order valence-electron chi connectivity index (χ4n) is 2.29. The van der Waals surface area contributed by atoms with Crippen molar-refractivity contribution in [2.75, 3.05) is 11.6 Å². The van der Waals surface area contributed by atoms with Gasteiger partial charge < -0.3 is 15.3 Å². The monoisotopic (exact) mass is 331 g/mol. The third-order valence-electron chi connectivity index (χ3n) is 3.30. The molecule has 0 spiro atoms. The van der Waals surface area contributed by atoms with Gasteiger partial charge in [-0.2, -0.15) is 0 Å². The van der Waals surface area contributed by atoms with Crippen LogP contribution in [0.2, 0.25) is 0 Å². The van der Waals surface area contributed by atoms with Crippen molar-refractivity contribution in [3.8, 4) is 0 Å². The number of hydrogen-bond donors (Lipinski definition) is 3. The Labute approximate surface area is 131 Å². The quantitative estimate of drug-likeness (QED) is 0.675. The first-order valence-corrected chi connectivity index (χ1v) is 8.56. The average molecular weight is 331 g/mol. The van der Waals surface area contributed by atoms with Gasteiger partial charge in [-0.1, -0.05) is 12.1 Å². The number of imidazole rings is 1. The summed E-state index contributed by atoms with van der Waals surface area (Å²) < 4.78 is 23.5. The maximum absolute atomic E-state index is 12.4. The minimum absolute atomic E-state index is 0.0337. The van der Waals surface area contributed by atoms with Crippen molar-refractivity contribution in [3.05, 3.63) is 58.5 Å². The van der Waals surface area contributed by atoms with Gasteiger partial charge in [0.2, 0.25) is 0 Å². The summed E-state index contributed by atoms with van der Waals surface area (Å²) in [5.41, 5.74) is 1.33. The van der Waals surface area contributed by atoms with Crippen LogP contribution in [0.15, 0.2) is 52.2 Å². The molecule has 0 fully saturated rings. The number of benzene rings is 2. The molecule has 118 valence electrons. The van der Waals surface area contributed by atoms with Crippen molar-refractivity contribution in [2.24, 2.45) is 0 Å². The Bertz CT molecular complexity index is 1060. The van der Waals surface area contributed by atoms with Gasteiger partial charge in [0.05, 0.1) is 21.5 Å². The van der Waals surface area contributed by atoms with Crippen LogP contribution in [0, 0.1) is 0 Å². The number of carbonyl (C=O) groups excluding carboxylic acids is 1. The van der Waals surface area contributed by atoms with Crippen molar-refractivity contribution in [2.45, 2.75) is 4.90 Å². The van der Waals surface area contributed by atoms with E-state index in [9.17, 15) is 18.0 Å². The van der Waals surface area contributed by atoms with Crippen LogP contribution in [0.4, 0.5) is 5.69 Å². The van der Waals surface area contributed by atoms with Gasteiger partial charge in [-0.05, 0) is 30.3 Å². The van der Waals surface area contributed by atoms with Crippen LogP contribution in [0.25, 0.3) is 11.0 Å². The second kappa shape index (κ2) is 5.40. The van der Waals surface area contributed by atoms with E-state index in [-0.39, 0.29) is 16.1 Å². The van der Waals surface area contributed by atoms with E-state index in [1.54, 1.807) is 30.3 Å². The van der Waals surface area contributed by atoms with Gasteiger partial charge in [0.1, 0.15) is 0 Å². The molecule has 8 heteroatoms. The molecule has 1 aromatic heterocycles. The first-order valence-electron chi connectivity index (χ1n) is 6.67. The molecule has 3 rings (SSSR count). The van der Waals surface area contributed by atoms with Crippen LogP contribution in [0.5, 0.6) is 0 Å². The molecule has 23 heavy (non-hydrogen) atoms. The topological polar surface area (TPSA) is 112 Å². The summed E-state index contributed by atoms with van der Waals surface area (Å²) in [5.74, 6) is -0.539. The van der Waals surface area contributed by atoms with Gasteiger partial charge in [-0.3, -0.25) is 4.79 Å². The summed E-state index contributed by atoms with van der Waals surface area (Å²) in [5, 5.41) is 2.63. The SMILES string of the molecule is CS(=O)(=O)c1ccccc1C(=O)Nc1ccc2[nH]c(=O)[nH]c2c1. The minimum atomic E-state index is -3.52. The van der Waals surface area contributed by atoms with Crippen molar-refractivity contribution < 1.29 is 13.2 Å². The molecule has 0 unspecified atom stereocenters. The molecule has 0 saturated carbocycles. The molecule has 1 amide bonds. The van der Waals surface area contributed by atoms with Gasteiger partial charge in [-0.25, -0.2) is 13.2 Å². The van der Waals surface area contributed by atoms with E-state index in [0.29, 0.717) is 16.7 Å². The van der Waals surface area contributed by atoms with Crippen LogP contribution >= 0.6 is 0 Å². The number of hydrogen-bond acceptors (Lipinski definition) is 4. The van der Waals surface area contributed by atoms with E-state index in [1.165, 1.54) is 12.1 Å². The largest absolute Gasteiger partial charge is 0.323 e. The third kappa shape index (κ3) is 3.02. The molecule has 0 aliphatic heterocycles. The number of carbonyl (C=O) groups is 1. The normalized spacial score (nSPS) is 11.5. The Hall–Kier alpha value is -2.87. The van der Waals surface area contributed by atoms with E-state index in [0.717, 1.165) is 6.26 Å². The highest BCUT2D eigenvalue weighted by molar-refractivity contribution is 7.90. The van der Waals surface area contributed by atoms with Crippen LogP contribution in [0.3, 0.4) is 0 Å². The smallest absolute Gasteiger partial charge is 0.322 e. The molecule has 0 aliphatic carbocycles. The molecule has 3 aromatic rings. The molecular formula is C15H13N3O4S. The number of anilines is 1. The van der Waals surface area contributed by atoms with Crippen molar-refractivity contribution in [1.82, 2.24) is 9.97 Å². The molecule has 3 N–H and O–H groups in total. The van der Waals surface area contributed by atoms with Gasteiger partial charge in [-0.15, -0.1) is 0 Å². The zero-order valence-electron chi connectivity index (χ0n) is 12.1. The summed E-state index contributed by atoms with van der Waals surface area (Å²) in [7, 11) is -3.52. The predicted octanol–water partition coefficient (Wildman–Crippen LogP) is 1.51. The number of aromatic nitrogens is 2. The van der Waals surface area contributed by atoms with Gasteiger partial charge in [0.15, 0.2) is 9.84 Å². The van der Waals surface area contributed by atoms with E-state index in [1.807, 2.05) is 0 Å². The predicted molar refractivity (Wildman–Crippen MR) is 86.4 cm³/mol. The number of fused-ring (bicyclic) bond motifs is 1. The Balaban J connectivity index is 1.96. The maximum atomic E-state index is 12.4. The number of sulfone groups is 1. The Morgan fingerprint density at radius 2 is 1.74 bits per heavy atom. The zero-order chi connectivity index (χ0) is 16.6. The molecule has 0 radical (unpaired) electrons. The number of amides is 1. The number of aromatic amines is 2. The van der Waals surface area contributed by atoms with Crippen molar-refractivity contribution >= 4 is 32.5 Å². The maximum Gasteiger partial charge on any atom is 0.323 e. The Morgan fingerprint density at radius 1 is 1.04 bits per heavy atom. The highest BCUT2D eigenvalue weighted by Gasteiger charge is 2.18. The lowest BCUT2D eigenvalue weighted by Crippen LogP contribution is -2.16. The van der Waals surface area contributed by atoms with Crippen molar-refractivity contribution in [3.63, 3.8) is 0 Å². The summed E-state index contributed by atoms with van der Waals surface area (Å²) in [6.07, 6.45) is 1.05. The lowest BCUT2D eigenvalue weighted by molar-refractivity contribution is 0.102. The minimum Gasteiger partial charge on any atom is -0.322 e. The number of rotatable bonds is 3. The molecule has 1 heterocycles. The van der Waals surface area contributed by atoms with Crippen LogP contribution < -0.4 is 11.0 Å². The molecule has 0 aliphatic rings. The third-order valence-corrected chi connectivity index (χ3v) is 4.46. The summed E-state index contributed by atoms with van der Waals surface area (Å²) in [4.78, 5) is 28.8. The highest BCUT2D eigenvalue weighted by atomic mass is 32.2. The first-order chi connectivity index (χ1) is 10.8. The Morgan fingerprint density at radius 3 is 2.48 bits per heavy atom. The van der Waals surface area contributed by atoms with E-state index in [2.05, 4.69) is 15.3 Å². The lowest BCUT2D eigenvalue weighted by atomic mass is 10.2. The van der Waals surface area contributed by atoms with E-state index in [4.69, 9.17) is 0 Å². The molecular weight excluding hydrogens is 318 g/mol. The lowest BCUT2D eigenvalue weighted by Gasteiger charge is -2.09. The van der Waals surface area contributed by atoms with Gasteiger partial charge in [0.25, 0.3) is 5.91 Å². The summed E-state index contributed by atoms with van der Waals surface area (Å²) >= 11 is 0. The molecule has 0 atom stereocenters. The fraction of sp³-hybridized carbons (Fsp3) is 0.0667. The fourth-order valence-corrected chi connectivity index (χ4v) is 3.17. The summed E-state index contributed by atoms with van der Waals surface area (Å²) in [6, 6.07) is 10.8. The highest BCUT2D eigenvalue weighted by Crippen LogP contribution is 2.19. The first kappa shape index (κ1) is 15.0. The van der Waals surface area contributed by atoms with Crippen molar-refractivity contribution in [1.29, 1.82) is 0 Å². The number of H-pyrrole nitrogens is 2. The molecule has 2 aromatic carbocycles. The van der Waals surface area contributed by atoms with E-state index >= 15 is 0 Å². The number of nitrogens with one attached hydrogen (secondary N) is 3. The van der Waals surface area contributed by atoms with Gasteiger partial charge in [0, 0.05) is 11.9 Å². The molecule has 0 saturated heterocycles. The van der Waals surface area contributed by atoms with Crippen LogP contribution in [-0.2, 0) is 9.84 Å². The molecule has 0 bridgehead atoms. The second-order valence-corrected chi connectivity index (χ2v) is 7.05. The summed E-state index contributed by atoms with van der Waals surface area (Å²) in [6.45, 7) is 0. The van der Waals surface area contributed by atoms with Crippen LogP contribution in [-0.4, -0.2) is 30.5 Å². The Kier molecular flexibility index (Phi) is 3.53. The average Bonchev–Trinajstić information content (AvgIpc) is 2.85.